The van der Waals surface area contributed by atoms with Crippen molar-refractivity contribution in [3.63, 3.8) is 0 Å². The SMILES string of the molecule is Cc1nc(N2CCCC(C)(C)C2)ncc1CO. The highest BCUT2D eigenvalue weighted by atomic mass is 16.3. The third kappa shape index (κ3) is 2.75. The van der Waals surface area contributed by atoms with E-state index in [9.17, 15) is 0 Å². The minimum absolute atomic E-state index is 0.0115. The summed E-state index contributed by atoms with van der Waals surface area (Å²) in [5, 5.41) is 9.11. The molecule has 2 heterocycles. The lowest BCUT2D eigenvalue weighted by Gasteiger charge is -2.38. The predicted molar refractivity (Wildman–Crippen MR) is 67.9 cm³/mol. The molecule has 0 bridgehead atoms. The average molecular weight is 235 g/mol. The second-order valence-electron chi connectivity index (χ2n) is 5.63. The van der Waals surface area contributed by atoms with Gasteiger partial charge in [-0.2, -0.15) is 0 Å². The molecule has 1 saturated heterocycles. The van der Waals surface area contributed by atoms with Gasteiger partial charge in [0.05, 0.1) is 6.61 Å². The Hall–Kier alpha value is -1.16. The molecule has 1 fully saturated rings. The highest BCUT2D eigenvalue weighted by Gasteiger charge is 2.27. The van der Waals surface area contributed by atoms with Crippen LogP contribution in [0.4, 0.5) is 5.95 Å². The van der Waals surface area contributed by atoms with Crippen LogP contribution in [0.15, 0.2) is 6.20 Å². The minimum atomic E-state index is 0.0115. The molecule has 1 aromatic rings. The van der Waals surface area contributed by atoms with Crippen molar-refractivity contribution in [2.24, 2.45) is 5.41 Å². The van der Waals surface area contributed by atoms with Gasteiger partial charge in [0.2, 0.25) is 5.95 Å². The summed E-state index contributed by atoms with van der Waals surface area (Å²) in [6.07, 6.45) is 4.19. The van der Waals surface area contributed by atoms with Crippen molar-refractivity contribution in [2.75, 3.05) is 18.0 Å². The van der Waals surface area contributed by atoms with Gasteiger partial charge in [-0.05, 0) is 25.2 Å². The zero-order valence-electron chi connectivity index (χ0n) is 10.9. The van der Waals surface area contributed by atoms with E-state index < -0.39 is 0 Å². The molecule has 2 rings (SSSR count). The molecule has 0 radical (unpaired) electrons. The Balaban J connectivity index is 2.19. The van der Waals surface area contributed by atoms with Crippen molar-refractivity contribution in [3.05, 3.63) is 17.5 Å². The number of aryl methyl sites for hydroxylation is 1. The van der Waals surface area contributed by atoms with Gasteiger partial charge < -0.3 is 10.0 Å². The lowest BCUT2D eigenvalue weighted by atomic mass is 9.84. The highest BCUT2D eigenvalue weighted by molar-refractivity contribution is 5.33. The molecule has 0 amide bonds. The van der Waals surface area contributed by atoms with Gasteiger partial charge in [-0.1, -0.05) is 13.8 Å². The van der Waals surface area contributed by atoms with Crippen LogP contribution in [-0.4, -0.2) is 28.2 Å². The number of aliphatic hydroxyl groups is 1. The van der Waals surface area contributed by atoms with E-state index in [0.29, 0.717) is 5.41 Å². The van der Waals surface area contributed by atoms with Crippen LogP contribution in [0.2, 0.25) is 0 Å². The molecule has 1 aliphatic rings. The molecule has 4 heteroatoms. The minimum Gasteiger partial charge on any atom is -0.392 e. The maximum absolute atomic E-state index is 9.11. The fourth-order valence-electron chi connectivity index (χ4n) is 2.38. The molecule has 0 spiro atoms. The van der Waals surface area contributed by atoms with E-state index >= 15 is 0 Å². The van der Waals surface area contributed by atoms with Crippen LogP contribution in [0.3, 0.4) is 0 Å². The van der Waals surface area contributed by atoms with Gasteiger partial charge in [0, 0.05) is 30.5 Å². The molecule has 0 saturated carbocycles. The van der Waals surface area contributed by atoms with Gasteiger partial charge in [-0.25, -0.2) is 9.97 Å². The Morgan fingerprint density at radius 3 is 2.82 bits per heavy atom. The lowest BCUT2D eigenvalue weighted by molar-refractivity contribution is 0.279. The zero-order valence-corrected chi connectivity index (χ0v) is 10.9. The van der Waals surface area contributed by atoms with Crippen LogP contribution in [0.25, 0.3) is 0 Å². The van der Waals surface area contributed by atoms with Crippen LogP contribution in [0.5, 0.6) is 0 Å². The van der Waals surface area contributed by atoms with E-state index in [4.69, 9.17) is 5.11 Å². The molecular weight excluding hydrogens is 214 g/mol. The first-order valence-electron chi connectivity index (χ1n) is 6.20. The number of aromatic nitrogens is 2. The van der Waals surface area contributed by atoms with Crippen LogP contribution >= 0.6 is 0 Å². The smallest absolute Gasteiger partial charge is 0.225 e. The van der Waals surface area contributed by atoms with Crippen molar-refractivity contribution in [2.45, 2.75) is 40.2 Å². The molecule has 1 N–H and O–H groups in total. The first kappa shape index (κ1) is 12.3. The second kappa shape index (κ2) is 4.61. The number of anilines is 1. The van der Waals surface area contributed by atoms with Crippen molar-refractivity contribution in [1.29, 1.82) is 0 Å². The third-order valence-corrected chi connectivity index (χ3v) is 3.42. The average Bonchev–Trinajstić information content (AvgIpc) is 2.27. The summed E-state index contributed by atoms with van der Waals surface area (Å²) >= 11 is 0. The maximum Gasteiger partial charge on any atom is 0.225 e. The molecule has 0 atom stereocenters. The quantitative estimate of drug-likeness (QED) is 0.850. The third-order valence-electron chi connectivity index (χ3n) is 3.42. The Bertz CT molecular complexity index is 404. The standard InChI is InChI=1S/C13H21N3O/c1-10-11(8-17)7-14-12(15-10)16-6-4-5-13(2,3)9-16/h7,17H,4-6,8-9H2,1-3H3. The Labute approximate surface area is 103 Å². The maximum atomic E-state index is 9.11. The summed E-state index contributed by atoms with van der Waals surface area (Å²) in [6, 6.07) is 0. The Morgan fingerprint density at radius 2 is 2.24 bits per heavy atom. The van der Waals surface area contributed by atoms with Gasteiger partial charge in [-0.3, -0.25) is 0 Å². The van der Waals surface area contributed by atoms with Crippen molar-refractivity contribution >= 4 is 5.95 Å². The summed E-state index contributed by atoms with van der Waals surface area (Å²) in [5.41, 5.74) is 2.02. The number of hydrogen-bond acceptors (Lipinski definition) is 4. The van der Waals surface area contributed by atoms with Gasteiger partial charge in [0.1, 0.15) is 0 Å². The number of rotatable bonds is 2. The van der Waals surface area contributed by atoms with Crippen LogP contribution in [0.1, 0.15) is 37.9 Å². The summed E-state index contributed by atoms with van der Waals surface area (Å²) in [6.45, 7) is 8.54. The fourth-order valence-corrected chi connectivity index (χ4v) is 2.38. The van der Waals surface area contributed by atoms with Crippen molar-refractivity contribution in [1.82, 2.24) is 9.97 Å². The lowest BCUT2D eigenvalue weighted by Crippen LogP contribution is -2.41. The molecule has 0 unspecified atom stereocenters. The largest absolute Gasteiger partial charge is 0.392 e. The van der Waals surface area contributed by atoms with Crippen molar-refractivity contribution < 1.29 is 5.11 Å². The number of hydrogen-bond donors (Lipinski definition) is 1. The van der Waals surface area contributed by atoms with Gasteiger partial charge in [0.25, 0.3) is 0 Å². The number of piperidine rings is 1. The summed E-state index contributed by atoms with van der Waals surface area (Å²) in [4.78, 5) is 11.1. The highest BCUT2D eigenvalue weighted by Crippen LogP contribution is 2.30. The van der Waals surface area contributed by atoms with E-state index in [0.717, 1.165) is 30.3 Å². The Kier molecular flexibility index (Phi) is 3.33. The Morgan fingerprint density at radius 1 is 1.47 bits per heavy atom. The molecule has 0 aliphatic carbocycles. The number of aliphatic hydroxyl groups excluding tert-OH is 1. The van der Waals surface area contributed by atoms with Crippen LogP contribution in [0, 0.1) is 12.3 Å². The molecule has 0 aromatic carbocycles. The fraction of sp³-hybridized carbons (Fsp3) is 0.692. The first-order chi connectivity index (χ1) is 8.02. The summed E-state index contributed by atoms with van der Waals surface area (Å²) in [5.74, 6) is 0.799. The van der Waals surface area contributed by atoms with E-state index in [2.05, 4.69) is 28.7 Å². The second-order valence-corrected chi connectivity index (χ2v) is 5.63. The van der Waals surface area contributed by atoms with Crippen LogP contribution in [-0.2, 0) is 6.61 Å². The summed E-state index contributed by atoms with van der Waals surface area (Å²) < 4.78 is 0. The molecule has 1 aliphatic heterocycles. The van der Waals surface area contributed by atoms with E-state index in [1.54, 1.807) is 6.20 Å². The molecule has 4 nitrogen and oxygen atoms in total. The van der Waals surface area contributed by atoms with Crippen LogP contribution < -0.4 is 4.90 Å². The van der Waals surface area contributed by atoms with E-state index in [-0.39, 0.29) is 6.61 Å². The number of nitrogens with zero attached hydrogens (tertiary/aromatic N) is 3. The normalized spacial score (nSPS) is 19.4. The molecule has 94 valence electrons. The van der Waals surface area contributed by atoms with Crippen molar-refractivity contribution in [3.8, 4) is 0 Å². The van der Waals surface area contributed by atoms with Gasteiger partial charge in [-0.15, -0.1) is 0 Å². The van der Waals surface area contributed by atoms with Gasteiger partial charge >= 0.3 is 0 Å². The molecular formula is C13H21N3O. The zero-order chi connectivity index (χ0) is 12.5. The first-order valence-corrected chi connectivity index (χ1v) is 6.20. The van der Waals surface area contributed by atoms with E-state index in [1.165, 1.54) is 12.8 Å². The van der Waals surface area contributed by atoms with E-state index in [1.807, 2.05) is 6.92 Å². The predicted octanol–water partition coefficient (Wildman–Crippen LogP) is 1.90. The summed E-state index contributed by atoms with van der Waals surface area (Å²) in [7, 11) is 0. The topological polar surface area (TPSA) is 49.2 Å². The van der Waals surface area contributed by atoms with Gasteiger partial charge in [0.15, 0.2) is 0 Å². The molecule has 17 heavy (non-hydrogen) atoms. The monoisotopic (exact) mass is 235 g/mol. The molecule has 1 aromatic heterocycles.